The average Bonchev–Trinajstić information content (AvgIpc) is 2.40. The molecular formula is C15H23FN2O2. The quantitative estimate of drug-likeness (QED) is 0.684. The van der Waals surface area contributed by atoms with Crippen molar-refractivity contribution in [3.05, 3.63) is 30.1 Å². The minimum absolute atomic E-state index is 0.165. The molecule has 4 nitrogen and oxygen atoms in total. The van der Waals surface area contributed by atoms with Crippen molar-refractivity contribution in [2.24, 2.45) is 5.92 Å². The molecule has 1 aromatic carbocycles. The molecule has 0 saturated heterocycles. The second-order valence-electron chi connectivity index (χ2n) is 5.03. The molecule has 0 aromatic heterocycles. The van der Waals surface area contributed by atoms with Crippen LogP contribution in [0.2, 0.25) is 0 Å². The van der Waals surface area contributed by atoms with Gasteiger partial charge in [-0.15, -0.1) is 0 Å². The lowest BCUT2D eigenvalue weighted by atomic mass is 10.2. The summed E-state index contributed by atoms with van der Waals surface area (Å²) in [7, 11) is 0. The number of hydrogen-bond donors (Lipinski definition) is 2. The fraction of sp³-hybridized carbons (Fsp3) is 0.533. The molecule has 1 aromatic rings. The topological polar surface area (TPSA) is 50.4 Å². The van der Waals surface area contributed by atoms with E-state index in [1.54, 1.807) is 12.1 Å². The van der Waals surface area contributed by atoms with Crippen LogP contribution < -0.4 is 10.6 Å². The van der Waals surface area contributed by atoms with E-state index in [0.29, 0.717) is 19.1 Å². The largest absolute Gasteiger partial charge is 0.381 e. The molecule has 1 rings (SSSR count). The third-order valence-electron chi connectivity index (χ3n) is 2.53. The number of para-hydroxylation sites is 1. The van der Waals surface area contributed by atoms with Gasteiger partial charge in [0.1, 0.15) is 5.82 Å². The predicted molar refractivity (Wildman–Crippen MR) is 78.2 cm³/mol. The number of carbonyl (C=O) groups excluding carboxylic acids is 1. The van der Waals surface area contributed by atoms with Crippen molar-refractivity contribution in [1.82, 2.24) is 5.32 Å². The van der Waals surface area contributed by atoms with Crippen molar-refractivity contribution in [3.63, 3.8) is 0 Å². The van der Waals surface area contributed by atoms with Crippen LogP contribution in [0.4, 0.5) is 10.1 Å². The molecule has 0 aliphatic rings. The number of amides is 1. The first-order valence-corrected chi connectivity index (χ1v) is 6.92. The highest BCUT2D eigenvalue weighted by Gasteiger charge is 2.05. The van der Waals surface area contributed by atoms with Gasteiger partial charge in [-0.3, -0.25) is 4.79 Å². The predicted octanol–water partition coefficient (Wildman–Crippen LogP) is 2.42. The summed E-state index contributed by atoms with van der Waals surface area (Å²) in [5.74, 6) is -0.143. The van der Waals surface area contributed by atoms with Crippen molar-refractivity contribution in [2.75, 3.05) is 31.6 Å². The molecule has 0 aliphatic heterocycles. The van der Waals surface area contributed by atoms with Gasteiger partial charge in [0.15, 0.2) is 0 Å². The van der Waals surface area contributed by atoms with E-state index >= 15 is 0 Å². The summed E-state index contributed by atoms with van der Waals surface area (Å²) >= 11 is 0. The highest BCUT2D eigenvalue weighted by atomic mass is 19.1. The van der Waals surface area contributed by atoms with E-state index in [1.807, 2.05) is 0 Å². The zero-order valence-corrected chi connectivity index (χ0v) is 12.1. The van der Waals surface area contributed by atoms with Gasteiger partial charge in [0, 0.05) is 13.2 Å². The second-order valence-corrected chi connectivity index (χ2v) is 5.03. The maximum Gasteiger partial charge on any atom is 0.238 e. The van der Waals surface area contributed by atoms with E-state index in [4.69, 9.17) is 4.74 Å². The number of benzene rings is 1. The molecule has 0 aliphatic carbocycles. The Morgan fingerprint density at radius 3 is 2.80 bits per heavy atom. The number of nitrogens with one attached hydrogen (secondary N) is 2. The number of halogens is 1. The van der Waals surface area contributed by atoms with Crippen LogP contribution in [0, 0.1) is 11.7 Å². The van der Waals surface area contributed by atoms with Crippen LogP contribution in [0.5, 0.6) is 0 Å². The molecule has 0 radical (unpaired) electrons. The molecule has 0 spiro atoms. The van der Waals surface area contributed by atoms with E-state index in [1.165, 1.54) is 12.1 Å². The maximum absolute atomic E-state index is 13.3. The first kappa shape index (κ1) is 16.6. The van der Waals surface area contributed by atoms with E-state index < -0.39 is 5.82 Å². The van der Waals surface area contributed by atoms with Gasteiger partial charge in [-0.1, -0.05) is 26.0 Å². The number of carbonyl (C=O) groups is 1. The van der Waals surface area contributed by atoms with Gasteiger partial charge < -0.3 is 15.4 Å². The maximum atomic E-state index is 13.3. The van der Waals surface area contributed by atoms with Gasteiger partial charge in [0.05, 0.1) is 12.2 Å². The molecule has 2 N–H and O–H groups in total. The minimum atomic E-state index is -0.428. The zero-order valence-electron chi connectivity index (χ0n) is 12.1. The van der Waals surface area contributed by atoms with Gasteiger partial charge in [-0.2, -0.15) is 0 Å². The molecule has 112 valence electrons. The fourth-order valence-corrected chi connectivity index (χ4v) is 1.58. The zero-order chi connectivity index (χ0) is 14.8. The van der Waals surface area contributed by atoms with Gasteiger partial charge in [0.2, 0.25) is 5.91 Å². The van der Waals surface area contributed by atoms with Gasteiger partial charge in [-0.25, -0.2) is 4.39 Å². The second kappa shape index (κ2) is 9.44. The number of rotatable bonds is 9. The van der Waals surface area contributed by atoms with Crippen molar-refractivity contribution < 1.29 is 13.9 Å². The van der Waals surface area contributed by atoms with E-state index in [-0.39, 0.29) is 18.1 Å². The molecule has 0 fully saturated rings. The van der Waals surface area contributed by atoms with Crippen LogP contribution >= 0.6 is 0 Å². The third-order valence-corrected chi connectivity index (χ3v) is 2.53. The third kappa shape index (κ3) is 7.21. The van der Waals surface area contributed by atoms with E-state index in [0.717, 1.165) is 13.0 Å². The molecule has 1 amide bonds. The fourth-order valence-electron chi connectivity index (χ4n) is 1.58. The smallest absolute Gasteiger partial charge is 0.238 e. The summed E-state index contributed by atoms with van der Waals surface area (Å²) in [6, 6.07) is 6.11. The Labute approximate surface area is 119 Å². The standard InChI is InChI=1S/C15H23FN2O2/c1-12(2)11-20-9-5-8-17-10-15(19)18-14-7-4-3-6-13(14)16/h3-4,6-7,12,17H,5,8-11H2,1-2H3,(H,18,19). The van der Waals surface area contributed by atoms with Crippen molar-refractivity contribution in [3.8, 4) is 0 Å². The highest BCUT2D eigenvalue weighted by Crippen LogP contribution is 2.11. The lowest BCUT2D eigenvalue weighted by Gasteiger charge is -2.08. The summed E-state index contributed by atoms with van der Waals surface area (Å²) in [5.41, 5.74) is 0.208. The summed E-state index contributed by atoms with van der Waals surface area (Å²) in [4.78, 5) is 11.6. The normalized spacial score (nSPS) is 10.8. The minimum Gasteiger partial charge on any atom is -0.381 e. The Kier molecular flexibility index (Phi) is 7.84. The van der Waals surface area contributed by atoms with Gasteiger partial charge >= 0.3 is 0 Å². The molecule has 5 heteroatoms. The molecule has 0 unspecified atom stereocenters. The van der Waals surface area contributed by atoms with Gasteiger partial charge in [-0.05, 0) is 31.0 Å². The van der Waals surface area contributed by atoms with Crippen molar-refractivity contribution in [1.29, 1.82) is 0 Å². The molecule has 20 heavy (non-hydrogen) atoms. The molecular weight excluding hydrogens is 259 g/mol. The van der Waals surface area contributed by atoms with Crippen LogP contribution in [0.3, 0.4) is 0 Å². The van der Waals surface area contributed by atoms with Crippen LogP contribution in [0.1, 0.15) is 20.3 Å². The molecule has 0 saturated carbocycles. The molecule has 0 atom stereocenters. The first-order chi connectivity index (χ1) is 9.59. The summed E-state index contributed by atoms with van der Waals surface area (Å²) in [5, 5.41) is 5.52. The lowest BCUT2D eigenvalue weighted by Crippen LogP contribution is -2.29. The van der Waals surface area contributed by atoms with Gasteiger partial charge in [0.25, 0.3) is 0 Å². The summed E-state index contributed by atoms with van der Waals surface area (Å²) in [6.07, 6.45) is 0.847. The Balaban J connectivity index is 2.08. The summed E-state index contributed by atoms with van der Waals surface area (Å²) < 4.78 is 18.7. The van der Waals surface area contributed by atoms with Crippen LogP contribution in [0.15, 0.2) is 24.3 Å². The number of anilines is 1. The van der Waals surface area contributed by atoms with Crippen molar-refractivity contribution in [2.45, 2.75) is 20.3 Å². The van der Waals surface area contributed by atoms with E-state index in [9.17, 15) is 9.18 Å². The highest BCUT2D eigenvalue weighted by molar-refractivity contribution is 5.92. The Morgan fingerprint density at radius 2 is 2.10 bits per heavy atom. The monoisotopic (exact) mass is 282 g/mol. The molecule has 0 bridgehead atoms. The Bertz CT molecular complexity index is 411. The van der Waals surface area contributed by atoms with E-state index in [2.05, 4.69) is 24.5 Å². The number of hydrogen-bond acceptors (Lipinski definition) is 3. The summed E-state index contributed by atoms with van der Waals surface area (Å²) in [6.45, 7) is 6.51. The number of ether oxygens (including phenoxy) is 1. The first-order valence-electron chi connectivity index (χ1n) is 6.92. The Hall–Kier alpha value is -1.46. The van der Waals surface area contributed by atoms with Crippen LogP contribution in [-0.4, -0.2) is 32.2 Å². The average molecular weight is 282 g/mol. The van der Waals surface area contributed by atoms with Crippen molar-refractivity contribution >= 4 is 11.6 Å². The lowest BCUT2D eigenvalue weighted by molar-refractivity contribution is -0.115. The Morgan fingerprint density at radius 1 is 1.35 bits per heavy atom. The van der Waals surface area contributed by atoms with Crippen LogP contribution in [0.25, 0.3) is 0 Å². The van der Waals surface area contributed by atoms with Crippen LogP contribution in [-0.2, 0) is 9.53 Å². The molecule has 0 heterocycles. The SMILES string of the molecule is CC(C)COCCCNCC(=O)Nc1ccccc1F.